The largest absolute Gasteiger partial charge is 0.411 e. The fraction of sp³-hybridized carbons (Fsp3) is 0.312. The summed E-state index contributed by atoms with van der Waals surface area (Å²) in [4.78, 5) is 2.07. The first-order chi connectivity index (χ1) is 9.06. The van der Waals surface area contributed by atoms with Crippen LogP contribution in [0.15, 0.2) is 35.0 Å². The zero-order valence-corrected chi connectivity index (χ0v) is 11.9. The Morgan fingerprint density at radius 1 is 1.26 bits per heavy atom. The number of benzene rings is 1. The normalized spacial score (nSPS) is 14.7. The van der Waals surface area contributed by atoms with Crippen molar-refractivity contribution in [1.82, 2.24) is 0 Å². The van der Waals surface area contributed by atoms with E-state index in [1.54, 1.807) is 0 Å². The van der Waals surface area contributed by atoms with Gasteiger partial charge in [-0.2, -0.15) is 0 Å². The molecular weight excluding hydrogens is 236 g/mol. The summed E-state index contributed by atoms with van der Waals surface area (Å²) < 4.78 is 0. The van der Waals surface area contributed by atoms with Crippen molar-refractivity contribution >= 4 is 17.5 Å². The van der Waals surface area contributed by atoms with Gasteiger partial charge in [0.1, 0.15) is 0 Å². The molecule has 0 heterocycles. The molecule has 0 saturated heterocycles. The highest BCUT2D eigenvalue weighted by Gasteiger charge is 2.15. The number of nitrogens with zero attached hydrogens (tertiary/aromatic N) is 2. The number of anilines is 1. The van der Waals surface area contributed by atoms with Gasteiger partial charge in [0, 0.05) is 25.3 Å². The zero-order valence-electron chi connectivity index (χ0n) is 11.9. The third kappa shape index (κ3) is 2.41. The van der Waals surface area contributed by atoms with E-state index in [1.165, 1.54) is 17.4 Å². The van der Waals surface area contributed by atoms with E-state index in [0.29, 0.717) is 0 Å². The van der Waals surface area contributed by atoms with E-state index in [9.17, 15) is 0 Å². The Bertz CT molecular complexity index is 581. The van der Waals surface area contributed by atoms with Crippen molar-refractivity contribution in [3.05, 3.63) is 46.5 Å². The third-order valence-electron chi connectivity index (χ3n) is 3.65. The average Bonchev–Trinajstić information content (AvgIpc) is 2.77. The molecule has 1 aliphatic rings. The van der Waals surface area contributed by atoms with Crippen molar-refractivity contribution in [3.8, 4) is 0 Å². The lowest BCUT2D eigenvalue weighted by Gasteiger charge is -2.20. The highest BCUT2D eigenvalue weighted by molar-refractivity contribution is 5.93. The molecule has 0 aromatic heterocycles. The van der Waals surface area contributed by atoms with E-state index in [2.05, 4.69) is 48.2 Å². The molecular formula is C16H20N2O. The van der Waals surface area contributed by atoms with Crippen molar-refractivity contribution in [2.75, 3.05) is 19.0 Å². The number of allylic oxidation sites excluding steroid dienone is 4. The fourth-order valence-electron chi connectivity index (χ4n) is 2.63. The van der Waals surface area contributed by atoms with Crippen LogP contribution in [-0.2, 0) is 0 Å². The number of hydrogen-bond donors (Lipinski definition) is 1. The molecule has 0 saturated carbocycles. The van der Waals surface area contributed by atoms with Crippen LogP contribution in [0.5, 0.6) is 0 Å². The van der Waals surface area contributed by atoms with Crippen LogP contribution < -0.4 is 4.90 Å². The molecule has 0 fully saturated rings. The molecule has 2 rings (SSSR count). The second-order valence-electron chi connectivity index (χ2n) is 5.08. The second-order valence-corrected chi connectivity index (χ2v) is 5.08. The van der Waals surface area contributed by atoms with Gasteiger partial charge in [-0.1, -0.05) is 23.4 Å². The fourth-order valence-corrected chi connectivity index (χ4v) is 2.63. The van der Waals surface area contributed by atoms with Crippen molar-refractivity contribution in [2.24, 2.45) is 5.16 Å². The molecule has 0 unspecified atom stereocenters. The van der Waals surface area contributed by atoms with E-state index in [-0.39, 0.29) is 0 Å². The molecule has 1 aromatic carbocycles. The van der Waals surface area contributed by atoms with Crippen LogP contribution in [0.2, 0.25) is 0 Å². The highest BCUT2D eigenvalue weighted by atomic mass is 16.4. The SMILES string of the molecule is CC1=C(c2ccc(N(C)C)c(C)c2/C=N/O)CC=C1. The van der Waals surface area contributed by atoms with Crippen LogP contribution in [0.25, 0.3) is 5.57 Å². The van der Waals surface area contributed by atoms with Crippen LogP contribution in [0.3, 0.4) is 0 Å². The quantitative estimate of drug-likeness (QED) is 0.509. The molecule has 3 heteroatoms. The first-order valence-electron chi connectivity index (χ1n) is 6.41. The Labute approximate surface area is 114 Å². The maximum atomic E-state index is 8.93. The van der Waals surface area contributed by atoms with Gasteiger partial charge >= 0.3 is 0 Å². The maximum Gasteiger partial charge on any atom is 0.0743 e. The number of rotatable bonds is 3. The Hall–Kier alpha value is -2.03. The second kappa shape index (κ2) is 5.31. The van der Waals surface area contributed by atoms with Gasteiger partial charge in [-0.3, -0.25) is 0 Å². The summed E-state index contributed by atoms with van der Waals surface area (Å²) >= 11 is 0. The molecule has 0 bridgehead atoms. The Kier molecular flexibility index (Phi) is 3.74. The molecule has 0 amide bonds. The topological polar surface area (TPSA) is 35.8 Å². The minimum Gasteiger partial charge on any atom is -0.411 e. The van der Waals surface area contributed by atoms with E-state index in [4.69, 9.17) is 5.21 Å². The molecule has 1 aliphatic carbocycles. The molecule has 0 radical (unpaired) electrons. The maximum absolute atomic E-state index is 8.93. The summed E-state index contributed by atoms with van der Waals surface area (Å²) in [6, 6.07) is 4.24. The molecule has 0 spiro atoms. The van der Waals surface area contributed by atoms with E-state index in [1.807, 2.05) is 14.1 Å². The van der Waals surface area contributed by atoms with Crippen LogP contribution in [0.4, 0.5) is 5.69 Å². The molecule has 1 N–H and O–H groups in total. The zero-order chi connectivity index (χ0) is 14.0. The molecule has 0 aliphatic heterocycles. The van der Waals surface area contributed by atoms with Crippen molar-refractivity contribution in [2.45, 2.75) is 20.3 Å². The minimum atomic E-state index is 0.943. The van der Waals surface area contributed by atoms with Crippen LogP contribution in [0, 0.1) is 6.92 Å². The lowest BCUT2D eigenvalue weighted by atomic mass is 9.93. The van der Waals surface area contributed by atoms with Gasteiger partial charge in [-0.05, 0) is 48.6 Å². The van der Waals surface area contributed by atoms with Crippen molar-refractivity contribution in [1.29, 1.82) is 0 Å². The third-order valence-corrected chi connectivity index (χ3v) is 3.65. The summed E-state index contributed by atoms with van der Waals surface area (Å²) in [7, 11) is 4.03. The first kappa shape index (κ1) is 13.4. The summed E-state index contributed by atoms with van der Waals surface area (Å²) in [6.07, 6.45) is 6.79. The van der Waals surface area contributed by atoms with Gasteiger partial charge in [-0.25, -0.2) is 0 Å². The van der Waals surface area contributed by atoms with Crippen molar-refractivity contribution in [3.63, 3.8) is 0 Å². The van der Waals surface area contributed by atoms with Gasteiger partial charge in [0.05, 0.1) is 6.21 Å². The van der Waals surface area contributed by atoms with Crippen LogP contribution in [-0.4, -0.2) is 25.5 Å². The van der Waals surface area contributed by atoms with Gasteiger partial charge in [-0.15, -0.1) is 0 Å². The predicted molar refractivity (Wildman–Crippen MR) is 81.2 cm³/mol. The molecule has 1 aromatic rings. The number of hydrogen-bond acceptors (Lipinski definition) is 3. The van der Waals surface area contributed by atoms with E-state index < -0.39 is 0 Å². The van der Waals surface area contributed by atoms with Crippen LogP contribution >= 0.6 is 0 Å². The summed E-state index contributed by atoms with van der Waals surface area (Å²) in [5.74, 6) is 0. The van der Waals surface area contributed by atoms with Gasteiger partial charge < -0.3 is 10.1 Å². The standard InChI is InChI=1S/C16H20N2O/c1-11-6-5-7-13(11)14-8-9-16(18(3)4)12(2)15(14)10-17-19/h5-6,8-10,19H,7H2,1-4H3/b17-10+. The lowest BCUT2D eigenvalue weighted by molar-refractivity contribution is 0.322. The Morgan fingerprint density at radius 3 is 2.53 bits per heavy atom. The summed E-state index contributed by atoms with van der Waals surface area (Å²) in [5, 5.41) is 12.2. The molecule has 19 heavy (non-hydrogen) atoms. The average molecular weight is 256 g/mol. The van der Waals surface area contributed by atoms with Gasteiger partial charge in [0.25, 0.3) is 0 Å². The smallest absolute Gasteiger partial charge is 0.0743 e. The lowest BCUT2D eigenvalue weighted by Crippen LogP contribution is -2.12. The molecule has 3 nitrogen and oxygen atoms in total. The Balaban J connectivity index is 2.63. The number of oxime groups is 1. The molecule has 100 valence electrons. The van der Waals surface area contributed by atoms with Crippen LogP contribution in [0.1, 0.15) is 30.0 Å². The summed E-state index contributed by atoms with van der Waals surface area (Å²) in [6.45, 7) is 4.18. The van der Waals surface area contributed by atoms with E-state index in [0.717, 1.165) is 28.8 Å². The highest BCUT2D eigenvalue weighted by Crippen LogP contribution is 2.34. The van der Waals surface area contributed by atoms with Gasteiger partial charge in [0.15, 0.2) is 0 Å². The predicted octanol–water partition coefficient (Wildman–Crippen LogP) is 3.60. The monoisotopic (exact) mass is 256 g/mol. The molecule has 0 atom stereocenters. The van der Waals surface area contributed by atoms with Crippen molar-refractivity contribution < 1.29 is 5.21 Å². The minimum absolute atomic E-state index is 0.943. The first-order valence-corrected chi connectivity index (χ1v) is 6.41. The Morgan fingerprint density at radius 2 is 2.00 bits per heavy atom. The summed E-state index contributed by atoms with van der Waals surface area (Å²) in [5.41, 5.74) is 7.01. The van der Waals surface area contributed by atoms with E-state index >= 15 is 0 Å². The van der Waals surface area contributed by atoms with Gasteiger partial charge in [0.2, 0.25) is 0 Å².